The highest BCUT2D eigenvalue weighted by Crippen LogP contribution is 2.33. The van der Waals surface area contributed by atoms with Gasteiger partial charge in [-0.05, 0) is 31.0 Å². The van der Waals surface area contributed by atoms with E-state index in [0.717, 1.165) is 25.9 Å². The number of piperidine rings is 1. The molecule has 114 valence electrons. The first kappa shape index (κ1) is 13.1. The van der Waals surface area contributed by atoms with E-state index in [1.807, 2.05) is 15.8 Å². The average molecular weight is 300 g/mol. The number of nitrogens with zero attached hydrogens (tertiary/aromatic N) is 4. The number of carbonyl (C=O) groups excluding carboxylic acids is 1. The van der Waals surface area contributed by atoms with Gasteiger partial charge in [-0.25, -0.2) is 4.68 Å². The molecule has 0 spiro atoms. The SMILES string of the molecule is O=C(c1ccc2c(c1)OCO2)N1CCC(n2ccnn2)CC1. The van der Waals surface area contributed by atoms with Crippen LogP contribution in [-0.2, 0) is 0 Å². The van der Waals surface area contributed by atoms with Crippen molar-refractivity contribution in [1.29, 1.82) is 0 Å². The highest BCUT2D eigenvalue weighted by molar-refractivity contribution is 5.95. The van der Waals surface area contributed by atoms with Gasteiger partial charge in [-0.1, -0.05) is 5.21 Å². The van der Waals surface area contributed by atoms with Crippen molar-refractivity contribution in [2.24, 2.45) is 0 Å². The van der Waals surface area contributed by atoms with Crippen molar-refractivity contribution in [2.75, 3.05) is 19.9 Å². The maximum absolute atomic E-state index is 12.6. The van der Waals surface area contributed by atoms with E-state index >= 15 is 0 Å². The number of rotatable bonds is 2. The summed E-state index contributed by atoms with van der Waals surface area (Å²) in [5.41, 5.74) is 0.642. The lowest BCUT2D eigenvalue weighted by molar-refractivity contribution is 0.0689. The van der Waals surface area contributed by atoms with E-state index < -0.39 is 0 Å². The van der Waals surface area contributed by atoms with Gasteiger partial charge in [-0.2, -0.15) is 0 Å². The zero-order valence-corrected chi connectivity index (χ0v) is 12.0. The predicted molar refractivity (Wildman–Crippen MR) is 76.8 cm³/mol. The third kappa shape index (κ3) is 2.28. The Bertz CT molecular complexity index is 678. The summed E-state index contributed by atoms with van der Waals surface area (Å²) < 4.78 is 12.5. The van der Waals surface area contributed by atoms with Gasteiger partial charge in [0.25, 0.3) is 5.91 Å². The van der Waals surface area contributed by atoms with E-state index in [9.17, 15) is 4.79 Å². The number of amides is 1. The first-order valence-electron chi connectivity index (χ1n) is 7.36. The van der Waals surface area contributed by atoms with E-state index in [1.165, 1.54) is 0 Å². The molecule has 7 heteroatoms. The van der Waals surface area contributed by atoms with Gasteiger partial charge in [0.05, 0.1) is 12.2 Å². The Labute approximate surface area is 127 Å². The van der Waals surface area contributed by atoms with Crippen molar-refractivity contribution >= 4 is 5.91 Å². The molecule has 0 saturated carbocycles. The van der Waals surface area contributed by atoms with Gasteiger partial charge in [0.1, 0.15) is 0 Å². The van der Waals surface area contributed by atoms with Crippen molar-refractivity contribution in [3.8, 4) is 11.5 Å². The Morgan fingerprint density at radius 3 is 2.77 bits per heavy atom. The van der Waals surface area contributed by atoms with E-state index in [-0.39, 0.29) is 12.7 Å². The Morgan fingerprint density at radius 2 is 2.00 bits per heavy atom. The zero-order valence-electron chi connectivity index (χ0n) is 12.0. The van der Waals surface area contributed by atoms with Gasteiger partial charge in [0.2, 0.25) is 6.79 Å². The second-order valence-electron chi connectivity index (χ2n) is 5.47. The Hall–Kier alpha value is -2.57. The number of ether oxygens (including phenoxy) is 2. The van der Waals surface area contributed by atoms with Gasteiger partial charge >= 0.3 is 0 Å². The molecule has 2 aliphatic heterocycles. The summed E-state index contributed by atoms with van der Waals surface area (Å²) in [7, 11) is 0. The van der Waals surface area contributed by atoms with Crippen molar-refractivity contribution in [3.05, 3.63) is 36.2 Å². The monoisotopic (exact) mass is 300 g/mol. The average Bonchev–Trinajstić information content (AvgIpc) is 3.25. The molecule has 4 rings (SSSR count). The van der Waals surface area contributed by atoms with E-state index in [2.05, 4.69) is 10.3 Å². The molecule has 0 atom stereocenters. The molecule has 1 saturated heterocycles. The number of benzene rings is 1. The van der Waals surface area contributed by atoms with Crippen LogP contribution in [0.4, 0.5) is 0 Å². The van der Waals surface area contributed by atoms with Crippen LogP contribution in [0.15, 0.2) is 30.6 Å². The summed E-state index contributed by atoms with van der Waals surface area (Å²) in [6.45, 7) is 1.66. The van der Waals surface area contributed by atoms with Crippen LogP contribution in [0.1, 0.15) is 29.2 Å². The topological polar surface area (TPSA) is 69.5 Å². The molecule has 1 aromatic carbocycles. The van der Waals surface area contributed by atoms with Crippen molar-refractivity contribution in [1.82, 2.24) is 19.9 Å². The van der Waals surface area contributed by atoms with Crippen LogP contribution >= 0.6 is 0 Å². The summed E-state index contributed by atoms with van der Waals surface area (Å²) in [6.07, 6.45) is 5.34. The minimum atomic E-state index is 0.0374. The molecule has 2 aromatic rings. The summed E-state index contributed by atoms with van der Waals surface area (Å²) >= 11 is 0. The van der Waals surface area contributed by atoms with Crippen LogP contribution < -0.4 is 9.47 Å². The number of hydrogen-bond donors (Lipinski definition) is 0. The number of likely N-dealkylation sites (tertiary alicyclic amines) is 1. The normalized spacial score (nSPS) is 17.7. The fourth-order valence-corrected chi connectivity index (χ4v) is 2.96. The highest BCUT2D eigenvalue weighted by atomic mass is 16.7. The molecule has 1 fully saturated rings. The van der Waals surface area contributed by atoms with Crippen LogP contribution in [0.5, 0.6) is 11.5 Å². The molecular weight excluding hydrogens is 284 g/mol. The minimum Gasteiger partial charge on any atom is -0.454 e. The molecule has 7 nitrogen and oxygen atoms in total. The smallest absolute Gasteiger partial charge is 0.253 e. The lowest BCUT2D eigenvalue weighted by Gasteiger charge is -2.31. The Morgan fingerprint density at radius 1 is 1.18 bits per heavy atom. The third-order valence-corrected chi connectivity index (χ3v) is 4.19. The number of fused-ring (bicyclic) bond motifs is 1. The second kappa shape index (κ2) is 5.32. The molecule has 0 N–H and O–H groups in total. The molecule has 0 aliphatic carbocycles. The van der Waals surface area contributed by atoms with E-state index in [1.54, 1.807) is 24.4 Å². The van der Waals surface area contributed by atoms with Crippen LogP contribution in [0.25, 0.3) is 0 Å². The lowest BCUT2D eigenvalue weighted by Crippen LogP contribution is -2.39. The number of aromatic nitrogens is 3. The molecule has 0 radical (unpaired) electrons. The molecule has 0 unspecified atom stereocenters. The summed E-state index contributed by atoms with van der Waals surface area (Å²) in [4.78, 5) is 14.5. The lowest BCUT2D eigenvalue weighted by atomic mass is 10.0. The van der Waals surface area contributed by atoms with Gasteiger partial charge in [0, 0.05) is 24.8 Å². The van der Waals surface area contributed by atoms with Crippen LogP contribution in [0, 0.1) is 0 Å². The van der Waals surface area contributed by atoms with Gasteiger partial charge in [-0.15, -0.1) is 5.10 Å². The van der Waals surface area contributed by atoms with Crippen LogP contribution in [0.3, 0.4) is 0 Å². The third-order valence-electron chi connectivity index (χ3n) is 4.19. The first-order chi connectivity index (χ1) is 10.8. The largest absolute Gasteiger partial charge is 0.454 e. The van der Waals surface area contributed by atoms with E-state index in [0.29, 0.717) is 23.1 Å². The van der Waals surface area contributed by atoms with Gasteiger partial charge in [0.15, 0.2) is 11.5 Å². The van der Waals surface area contributed by atoms with Crippen molar-refractivity contribution in [2.45, 2.75) is 18.9 Å². The number of hydrogen-bond acceptors (Lipinski definition) is 5. The van der Waals surface area contributed by atoms with Gasteiger partial charge < -0.3 is 14.4 Å². The predicted octanol–water partition coefficient (Wildman–Crippen LogP) is 1.48. The highest BCUT2D eigenvalue weighted by Gasteiger charge is 2.26. The van der Waals surface area contributed by atoms with Gasteiger partial charge in [-0.3, -0.25) is 4.79 Å². The molecule has 3 heterocycles. The van der Waals surface area contributed by atoms with Crippen LogP contribution in [0.2, 0.25) is 0 Å². The quantitative estimate of drug-likeness (QED) is 0.840. The Balaban J connectivity index is 1.44. The minimum absolute atomic E-state index is 0.0374. The molecule has 22 heavy (non-hydrogen) atoms. The van der Waals surface area contributed by atoms with Crippen LogP contribution in [-0.4, -0.2) is 45.7 Å². The second-order valence-corrected chi connectivity index (χ2v) is 5.47. The zero-order chi connectivity index (χ0) is 14.9. The Kier molecular flexibility index (Phi) is 3.17. The maximum atomic E-state index is 12.6. The molecular formula is C15H16N4O3. The fraction of sp³-hybridized carbons (Fsp3) is 0.400. The summed E-state index contributed by atoms with van der Waals surface area (Å²) in [6, 6.07) is 5.66. The summed E-state index contributed by atoms with van der Waals surface area (Å²) in [5, 5.41) is 7.88. The van der Waals surface area contributed by atoms with Crippen molar-refractivity contribution in [3.63, 3.8) is 0 Å². The molecule has 1 aromatic heterocycles. The maximum Gasteiger partial charge on any atom is 0.253 e. The molecule has 1 amide bonds. The first-order valence-corrected chi connectivity index (χ1v) is 7.36. The van der Waals surface area contributed by atoms with E-state index in [4.69, 9.17) is 9.47 Å². The van der Waals surface area contributed by atoms with Crippen molar-refractivity contribution < 1.29 is 14.3 Å². The summed E-state index contributed by atoms with van der Waals surface area (Å²) in [5.74, 6) is 1.38. The molecule has 0 bridgehead atoms. The standard InChI is InChI=1S/C15H16N4O3/c20-15(11-1-2-13-14(9-11)22-10-21-13)18-6-3-12(4-7-18)19-8-5-16-17-19/h1-2,5,8-9,12H,3-4,6-7,10H2. The fourth-order valence-electron chi connectivity index (χ4n) is 2.96. The number of carbonyl (C=O) groups is 1. The molecule has 2 aliphatic rings.